The lowest BCUT2D eigenvalue weighted by Crippen LogP contribution is -2.37. The van der Waals surface area contributed by atoms with Gasteiger partial charge < -0.3 is 10.5 Å². The number of halogens is 2. The molecule has 1 aliphatic rings. The summed E-state index contributed by atoms with van der Waals surface area (Å²) in [6.07, 6.45) is 0.696. The number of benzene rings is 1. The summed E-state index contributed by atoms with van der Waals surface area (Å²) < 4.78 is 18.9. The third kappa shape index (κ3) is 1.82. The molecule has 1 aromatic rings. The number of hydrogen-bond donors (Lipinski definition) is 1. The second kappa shape index (κ2) is 3.35. The Morgan fingerprint density at radius 2 is 2.20 bits per heavy atom. The third-order valence-corrected chi connectivity index (χ3v) is 2.92. The molecule has 0 saturated carbocycles. The first-order valence-corrected chi connectivity index (χ1v) is 5.21. The van der Waals surface area contributed by atoms with Gasteiger partial charge >= 0.3 is 0 Å². The molecule has 4 heteroatoms. The van der Waals surface area contributed by atoms with Gasteiger partial charge in [0.25, 0.3) is 0 Å². The predicted molar refractivity (Wildman–Crippen MR) is 57.7 cm³/mol. The standard InChI is InChI=1S/C11H13ClFNO/c1-11(2)5-8(14)6-3-4-7(13)9(12)10(6)15-11/h3-4,8H,5,14H2,1-2H3/t8-/m1/s1. The zero-order valence-electron chi connectivity index (χ0n) is 8.68. The summed E-state index contributed by atoms with van der Waals surface area (Å²) in [5, 5.41) is 0.0238. The van der Waals surface area contributed by atoms with Gasteiger partial charge in [0.05, 0.1) is 0 Å². The van der Waals surface area contributed by atoms with Crippen LogP contribution in [-0.4, -0.2) is 5.60 Å². The fourth-order valence-electron chi connectivity index (χ4n) is 1.90. The lowest BCUT2D eigenvalue weighted by Gasteiger charge is -2.36. The monoisotopic (exact) mass is 229 g/mol. The van der Waals surface area contributed by atoms with E-state index in [9.17, 15) is 4.39 Å². The maximum absolute atomic E-state index is 13.2. The normalized spacial score (nSPS) is 23.1. The highest BCUT2D eigenvalue weighted by atomic mass is 35.5. The SMILES string of the molecule is CC1(C)C[C@@H](N)c2ccc(F)c(Cl)c2O1. The summed E-state index contributed by atoms with van der Waals surface area (Å²) in [5.74, 6) is -0.0827. The molecule has 2 nitrogen and oxygen atoms in total. The molecule has 0 bridgehead atoms. The van der Waals surface area contributed by atoms with Crippen molar-refractivity contribution in [2.45, 2.75) is 31.9 Å². The highest BCUT2D eigenvalue weighted by Gasteiger charge is 2.33. The number of nitrogens with two attached hydrogens (primary N) is 1. The molecule has 1 aromatic carbocycles. The summed E-state index contributed by atoms with van der Waals surface area (Å²) in [5.41, 5.74) is 6.36. The van der Waals surface area contributed by atoms with E-state index in [1.807, 2.05) is 13.8 Å². The molecule has 0 saturated heterocycles. The van der Waals surface area contributed by atoms with Gasteiger partial charge in [-0.05, 0) is 19.9 Å². The second-order valence-electron chi connectivity index (χ2n) is 4.45. The van der Waals surface area contributed by atoms with Crippen LogP contribution in [0.2, 0.25) is 5.02 Å². The number of fused-ring (bicyclic) bond motifs is 1. The van der Waals surface area contributed by atoms with Crippen molar-refractivity contribution < 1.29 is 9.13 Å². The van der Waals surface area contributed by atoms with Gasteiger partial charge in [-0.3, -0.25) is 0 Å². The van der Waals surface area contributed by atoms with E-state index in [4.69, 9.17) is 22.1 Å². The maximum atomic E-state index is 13.2. The van der Waals surface area contributed by atoms with Crippen molar-refractivity contribution in [2.75, 3.05) is 0 Å². The molecule has 0 fully saturated rings. The van der Waals surface area contributed by atoms with Gasteiger partial charge in [0.15, 0.2) is 0 Å². The first-order valence-electron chi connectivity index (χ1n) is 4.83. The topological polar surface area (TPSA) is 35.2 Å². The van der Waals surface area contributed by atoms with Gasteiger partial charge in [0, 0.05) is 18.0 Å². The maximum Gasteiger partial charge on any atom is 0.146 e. The molecule has 1 heterocycles. The molecule has 0 unspecified atom stereocenters. The van der Waals surface area contributed by atoms with Crippen LogP contribution in [0.25, 0.3) is 0 Å². The van der Waals surface area contributed by atoms with Crippen LogP contribution >= 0.6 is 11.6 Å². The fraction of sp³-hybridized carbons (Fsp3) is 0.455. The average molecular weight is 230 g/mol. The van der Waals surface area contributed by atoms with Gasteiger partial charge in [0.1, 0.15) is 22.2 Å². The molecular formula is C11H13ClFNO. The quantitative estimate of drug-likeness (QED) is 0.742. The highest BCUT2D eigenvalue weighted by molar-refractivity contribution is 6.32. The van der Waals surface area contributed by atoms with Gasteiger partial charge in [0.2, 0.25) is 0 Å². The Morgan fingerprint density at radius 1 is 1.53 bits per heavy atom. The molecule has 2 rings (SSSR count). The fourth-order valence-corrected chi connectivity index (χ4v) is 2.11. The van der Waals surface area contributed by atoms with Crippen molar-refractivity contribution in [3.63, 3.8) is 0 Å². The Balaban J connectivity index is 2.56. The molecule has 0 aliphatic carbocycles. The highest BCUT2D eigenvalue weighted by Crippen LogP contribution is 2.43. The minimum atomic E-state index is -0.472. The Bertz CT molecular complexity index is 406. The van der Waals surface area contributed by atoms with Crippen molar-refractivity contribution in [3.8, 4) is 5.75 Å². The van der Waals surface area contributed by atoms with Gasteiger partial charge in [-0.2, -0.15) is 0 Å². The average Bonchev–Trinajstić information content (AvgIpc) is 2.10. The van der Waals surface area contributed by atoms with Crippen molar-refractivity contribution in [1.82, 2.24) is 0 Å². The first-order chi connectivity index (χ1) is 6.91. The van der Waals surface area contributed by atoms with Crippen molar-refractivity contribution in [3.05, 3.63) is 28.5 Å². The van der Waals surface area contributed by atoms with Crippen molar-refractivity contribution in [1.29, 1.82) is 0 Å². The van der Waals surface area contributed by atoms with Crippen LogP contribution in [-0.2, 0) is 0 Å². The third-order valence-electron chi connectivity index (χ3n) is 2.57. The van der Waals surface area contributed by atoms with E-state index in [-0.39, 0.29) is 11.1 Å². The minimum Gasteiger partial charge on any atom is -0.486 e. The Morgan fingerprint density at radius 3 is 2.87 bits per heavy atom. The van der Waals surface area contributed by atoms with Crippen LogP contribution in [0, 0.1) is 5.82 Å². The van der Waals surface area contributed by atoms with Crippen LogP contribution in [0.5, 0.6) is 5.75 Å². The molecule has 0 amide bonds. The molecule has 1 atom stereocenters. The van der Waals surface area contributed by atoms with E-state index in [1.54, 1.807) is 6.07 Å². The zero-order valence-corrected chi connectivity index (χ0v) is 9.44. The summed E-state index contributed by atoms with van der Waals surface area (Å²) in [4.78, 5) is 0. The summed E-state index contributed by atoms with van der Waals surface area (Å²) in [6, 6.07) is 2.81. The largest absolute Gasteiger partial charge is 0.486 e. The smallest absolute Gasteiger partial charge is 0.146 e. The molecular weight excluding hydrogens is 217 g/mol. The first kappa shape index (κ1) is 10.7. The van der Waals surface area contributed by atoms with E-state index in [0.717, 1.165) is 5.56 Å². The zero-order chi connectivity index (χ0) is 11.2. The number of ether oxygens (including phenoxy) is 1. The summed E-state index contributed by atoms with van der Waals surface area (Å²) in [7, 11) is 0. The number of rotatable bonds is 0. The van der Waals surface area contributed by atoms with Gasteiger partial charge in [-0.1, -0.05) is 17.7 Å². The Labute approximate surface area is 93.2 Å². The molecule has 2 N–H and O–H groups in total. The van der Waals surface area contributed by atoms with E-state index in [1.165, 1.54) is 6.07 Å². The summed E-state index contributed by atoms with van der Waals surface area (Å²) in [6.45, 7) is 3.83. The van der Waals surface area contributed by atoms with Crippen LogP contribution in [0.15, 0.2) is 12.1 Å². The molecule has 82 valence electrons. The number of hydrogen-bond acceptors (Lipinski definition) is 2. The van der Waals surface area contributed by atoms with E-state index < -0.39 is 11.4 Å². The summed E-state index contributed by atoms with van der Waals surface area (Å²) >= 11 is 5.85. The van der Waals surface area contributed by atoms with Crippen LogP contribution in [0.4, 0.5) is 4.39 Å². The molecule has 0 spiro atoms. The Kier molecular flexibility index (Phi) is 2.40. The minimum absolute atomic E-state index is 0.0238. The molecule has 0 aromatic heterocycles. The van der Waals surface area contributed by atoms with Crippen molar-refractivity contribution in [2.24, 2.45) is 5.73 Å². The van der Waals surface area contributed by atoms with Crippen molar-refractivity contribution >= 4 is 11.6 Å². The molecule has 0 radical (unpaired) electrons. The van der Waals surface area contributed by atoms with E-state index in [0.29, 0.717) is 12.2 Å². The van der Waals surface area contributed by atoms with Gasteiger partial charge in [-0.15, -0.1) is 0 Å². The van der Waals surface area contributed by atoms with Crippen LogP contribution in [0.1, 0.15) is 31.9 Å². The van der Waals surface area contributed by atoms with Crippen LogP contribution in [0.3, 0.4) is 0 Å². The second-order valence-corrected chi connectivity index (χ2v) is 4.83. The Hall–Kier alpha value is -0.800. The molecule has 1 aliphatic heterocycles. The predicted octanol–water partition coefficient (Wildman–Crippen LogP) is 3.04. The lowest BCUT2D eigenvalue weighted by atomic mass is 9.90. The van der Waals surface area contributed by atoms with E-state index in [2.05, 4.69) is 0 Å². The lowest BCUT2D eigenvalue weighted by molar-refractivity contribution is 0.0725. The van der Waals surface area contributed by atoms with Gasteiger partial charge in [-0.25, -0.2) is 4.39 Å². The molecule has 15 heavy (non-hydrogen) atoms. The van der Waals surface area contributed by atoms with Crippen LogP contribution < -0.4 is 10.5 Å². The van der Waals surface area contributed by atoms with E-state index >= 15 is 0 Å².